The van der Waals surface area contributed by atoms with Gasteiger partial charge in [0.2, 0.25) is 0 Å². The van der Waals surface area contributed by atoms with Gasteiger partial charge in [0.1, 0.15) is 11.6 Å². The van der Waals surface area contributed by atoms with E-state index in [1.54, 1.807) is 12.1 Å². The van der Waals surface area contributed by atoms with Gasteiger partial charge in [0.05, 0.1) is 12.6 Å². The Labute approximate surface area is 124 Å². The molecule has 1 unspecified atom stereocenters. The van der Waals surface area contributed by atoms with Crippen LogP contribution >= 0.6 is 0 Å². The zero-order valence-corrected chi connectivity index (χ0v) is 12.4. The van der Waals surface area contributed by atoms with Crippen molar-refractivity contribution < 1.29 is 9.13 Å². The SMILES string of the molecule is CCCOc1ccccc1C(NN)c1cc(C)ccc1F. The molecule has 0 saturated carbocycles. The van der Waals surface area contributed by atoms with Crippen LogP contribution in [-0.4, -0.2) is 6.61 Å². The van der Waals surface area contributed by atoms with Gasteiger partial charge >= 0.3 is 0 Å². The summed E-state index contributed by atoms with van der Waals surface area (Å²) >= 11 is 0. The molecule has 0 aliphatic rings. The van der Waals surface area contributed by atoms with E-state index in [1.807, 2.05) is 38.1 Å². The predicted molar refractivity (Wildman–Crippen MR) is 82.5 cm³/mol. The highest BCUT2D eigenvalue weighted by Gasteiger charge is 2.20. The van der Waals surface area contributed by atoms with Gasteiger partial charge in [0, 0.05) is 11.1 Å². The van der Waals surface area contributed by atoms with Crippen LogP contribution in [-0.2, 0) is 0 Å². The van der Waals surface area contributed by atoms with Gasteiger partial charge in [-0.05, 0) is 25.5 Å². The minimum Gasteiger partial charge on any atom is -0.493 e. The summed E-state index contributed by atoms with van der Waals surface area (Å²) in [5, 5.41) is 0. The Kier molecular flexibility index (Phi) is 5.31. The average molecular weight is 288 g/mol. The molecule has 2 aromatic rings. The third-order valence-electron chi connectivity index (χ3n) is 3.32. The molecule has 0 amide bonds. The van der Waals surface area contributed by atoms with Crippen LogP contribution < -0.4 is 16.0 Å². The van der Waals surface area contributed by atoms with Gasteiger partial charge in [-0.25, -0.2) is 9.82 Å². The fraction of sp³-hybridized carbons (Fsp3) is 0.294. The highest BCUT2D eigenvalue weighted by Crippen LogP contribution is 2.31. The Morgan fingerprint density at radius 3 is 2.67 bits per heavy atom. The van der Waals surface area contributed by atoms with Crippen LogP contribution in [0.3, 0.4) is 0 Å². The average Bonchev–Trinajstić information content (AvgIpc) is 2.50. The van der Waals surface area contributed by atoms with Crippen molar-refractivity contribution >= 4 is 0 Å². The molecule has 0 spiro atoms. The van der Waals surface area contributed by atoms with Crippen molar-refractivity contribution in [2.75, 3.05) is 6.61 Å². The second-order valence-electron chi connectivity index (χ2n) is 5.01. The van der Waals surface area contributed by atoms with Gasteiger partial charge in [-0.2, -0.15) is 0 Å². The molecular formula is C17H21FN2O. The van der Waals surface area contributed by atoms with Crippen molar-refractivity contribution in [3.8, 4) is 5.75 Å². The van der Waals surface area contributed by atoms with E-state index in [9.17, 15) is 4.39 Å². The quantitative estimate of drug-likeness (QED) is 0.632. The summed E-state index contributed by atoms with van der Waals surface area (Å²) in [7, 11) is 0. The third-order valence-corrected chi connectivity index (χ3v) is 3.32. The van der Waals surface area contributed by atoms with E-state index in [0.717, 1.165) is 23.3 Å². The summed E-state index contributed by atoms with van der Waals surface area (Å²) in [6, 6.07) is 12.1. The Morgan fingerprint density at radius 1 is 1.19 bits per heavy atom. The zero-order valence-electron chi connectivity index (χ0n) is 12.4. The summed E-state index contributed by atoms with van der Waals surface area (Å²) < 4.78 is 19.9. The van der Waals surface area contributed by atoms with Crippen molar-refractivity contribution in [1.82, 2.24) is 5.43 Å². The molecule has 3 N–H and O–H groups in total. The summed E-state index contributed by atoms with van der Waals surface area (Å²) in [5.41, 5.74) is 5.03. The Hall–Kier alpha value is -1.91. The standard InChI is InChI=1S/C17H21FN2O/c1-3-10-21-16-7-5-4-6-13(16)17(20-19)14-11-12(2)8-9-15(14)18/h4-9,11,17,20H,3,10,19H2,1-2H3. The lowest BCUT2D eigenvalue weighted by molar-refractivity contribution is 0.311. The number of hydrogen-bond donors (Lipinski definition) is 2. The molecule has 1 atom stereocenters. The van der Waals surface area contributed by atoms with E-state index in [-0.39, 0.29) is 5.82 Å². The lowest BCUT2D eigenvalue weighted by Crippen LogP contribution is -2.30. The molecule has 2 rings (SSSR count). The topological polar surface area (TPSA) is 47.3 Å². The first-order valence-electron chi connectivity index (χ1n) is 7.11. The van der Waals surface area contributed by atoms with Crippen LogP contribution in [0.25, 0.3) is 0 Å². The summed E-state index contributed by atoms with van der Waals surface area (Å²) in [4.78, 5) is 0. The first kappa shape index (κ1) is 15.5. The molecule has 3 nitrogen and oxygen atoms in total. The number of benzene rings is 2. The van der Waals surface area contributed by atoms with Crippen LogP contribution in [0.5, 0.6) is 5.75 Å². The van der Waals surface area contributed by atoms with Crippen LogP contribution in [0.2, 0.25) is 0 Å². The van der Waals surface area contributed by atoms with E-state index in [2.05, 4.69) is 5.43 Å². The minimum absolute atomic E-state index is 0.283. The molecule has 0 radical (unpaired) electrons. The molecule has 0 bridgehead atoms. The minimum atomic E-state index is -0.446. The number of aryl methyl sites for hydroxylation is 1. The molecule has 0 aliphatic carbocycles. The Balaban J connectivity index is 2.44. The highest BCUT2D eigenvalue weighted by atomic mass is 19.1. The van der Waals surface area contributed by atoms with E-state index in [1.165, 1.54) is 6.07 Å². The Bertz CT molecular complexity index is 601. The maximum absolute atomic E-state index is 14.1. The van der Waals surface area contributed by atoms with E-state index in [0.29, 0.717) is 12.2 Å². The largest absolute Gasteiger partial charge is 0.493 e. The monoisotopic (exact) mass is 288 g/mol. The molecule has 0 saturated heterocycles. The number of nitrogens with two attached hydrogens (primary N) is 1. The molecule has 0 aliphatic heterocycles. The summed E-state index contributed by atoms with van der Waals surface area (Å²) in [6.07, 6.45) is 0.911. The number of halogens is 1. The third kappa shape index (κ3) is 3.60. The van der Waals surface area contributed by atoms with Crippen LogP contribution in [0.1, 0.15) is 36.1 Å². The van der Waals surface area contributed by atoms with Crippen molar-refractivity contribution in [2.24, 2.45) is 5.84 Å². The Morgan fingerprint density at radius 2 is 1.95 bits per heavy atom. The van der Waals surface area contributed by atoms with E-state index in [4.69, 9.17) is 10.6 Å². The van der Waals surface area contributed by atoms with E-state index >= 15 is 0 Å². The van der Waals surface area contributed by atoms with Crippen molar-refractivity contribution in [3.63, 3.8) is 0 Å². The molecule has 0 fully saturated rings. The van der Waals surface area contributed by atoms with Crippen LogP contribution in [0, 0.1) is 12.7 Å². The lowest BCUT2D eigenvalue weighted by Gasteiger charge is -2.21. The second-order valence-corrected chi connectivity index (χ2v) is 5.01. The molecule has 0 aromatic heterocycles. The molecule has 21 heavy (non-hydrogen) atoms. The van der Waals surface area contributed by atoms with Gasteiger partial charge in [0.15, 0.2) is 0 Å². The van der Waals surface area contributed by atoms with Crippen LogP contribution in [0.4, 0.5) is 4.39 Å². The maximum atomic E-state index is 14.1. The van der Waals surface area contributed by atoms with Crippen LogP contribution in [0.15, 0.2) is 42.5 Å². The highest BCUT2D eigenvalue weighted by molar-refractivity contribution is 5.42. The molecule has 0 heterocycles. The number of hydrazine groups is 1. The normalized spacial score (nSPS) is 12.2. The lowest BCUT2D eigenvalue weighted by atomic mass is 9.96. The fourth-order valence-corrected chi connectivity index (χ4v) is 2.29. The molecule has 2 aromatic carbocycles. The first-order valence-corrected chi connectivity index (χ1v) is 7.11. The van der Waals surface area contributed by atoms with Gasteiger partial charge in [-0.1, -0.05) is 42.8 Å². The zero-order chi connectivity index (χ0) is 15.2. The van der Waals surface area contributed by atoms with Gasteiger partial charge in [-0.15, -0.1) is 0 Å². The summed E-state index contributed by atoms with van der Waals surface area (Å²) in [6.45, 7) is 4.59. The second kappa shape index (κ2) is 7.20. The smallest absolute Gasteiger partial charge is 0.128 e. The van der Waals surface area contributed by atoms with Gasteiger partial charge in [-0.3, -0.25) is 5.84 Å². The molecule has 4 heteroatoms. The maximum Gasteiger partial charge on any atom is 0.128 e. The molecule has 112 valence electrons. The fourth-order valence-electron chi connectivity index (χ4n) is 2.29. The van der Waals surface area contributed by atoms with Gasteiger partial charge < -0.3 is 4.74 Å². The number of nitrogens with one attached hydrogen (secondary N) is 1. The number of para-hydroxylation sites is 1. The molecular weight excluding hydrogens is 267 g/mol. The van der Waals surface area contributed by atoms with Crippen molar-refractivity contribution in [2.45, 2.75) is 26.3 Å². The van der Waals surface area contributed by atoms with E-state index < -0.39 is 6.04 Å². The number of ether oxygens (including phenoxy) is 1. The van der Waals surface area contributed by atoms with Crippen molar-refractivity contribution in [1.29, 1.82) is 0 Å². The van der Waals surface area contributed by atoms with Gasteiger partial charge in [0.25, 0.3) is 0 Å². The number of rotatable bonds is 6. The number of hydrogen-bond acceptors (Lipinski definition) is 3. The predicted octanol–water partition coefficient (Wildman–Crippen LogP) is 3.48. The van der Waals surface area contributed by atoms with Crippen molar-refractivity contribution in [3.05, 3.63) is 65.0 Å². The summed E-state index contributed by atoms with van der Waals surface area (Å²) in [5.74, 6) is 6.12. The first-order chi connectivity index (χ1) is 10.2.